The van der Waals surface area contributed by atoms with Crippen molar-refractivity contribution in [3.63, 3.8) is 0 Å². The molecule has 0 aliphatic carbocycles. The highest BCUT2D eigenvalue weighted by atomic mass is 16.5. The van der Waals surface area contributed by atoms with Crippen LogP contribution >= 0.6 is 0 Å². The molecule has 4 rings (SSSR count). The number of hydrogen-bond acceptors (Lipinski definition) is 3. The molecular weight excluding hydrogens is 611 g/mol. The summed E-state index contributed by atoms with van der Waals surface area (Å²) in [6, 6.07) is 31.8. The Kier molecular flexibility index (Phi) is 18.7. The topological polar surface area (TPSA) is 30.5 Å². The van der Waals surface area contributed by atoms with Crippen LogP contribution in [0.5, 0.6) is 11.5 Å². The number of anilines is 2. The van der Waals surface area contributed by atoms with E-state index in [1.807, 2.05) is 32.0 Å². The van der Waals surface area contributed by atoms with E-state index in [9.17, 15) is 0 Å². The van der Waals surface area contributed by atoms with Gasteiger partial charge in [-0.05, 0) is 79.1 Å². The first-order valence-electron chi connectivity index (χ1n) is 19.3. The van der Waals surface area contributed by atoms with E-state index in [0.29, 0.717) is 18.4 Å². The van der Waals surface area contributed by atoms with Gasteiger partial charge in [0.15, 0.2) is 0 Å². The summed E-state index contributed by atoms with van der Waals surface area (Å²) in [5, 5.41) is 3.47. The van der Waals surface area contributed by atoms with Crippen molar-refractivity contribution in [2.75, 3.05) is 18.5 Å². The Bertz CT molecular complexity index is 1540. The molecule has 0 aliphatic heterocycles. The fourth-order valence-corrected chi connectivity index (χ4v) is 5.73. The van der Waals surface area contributed by atoms with Gasteiger partial charge in [-0.15, -0.1) is 0 Å². The smallest absolute Gasteiger partial charge is 0.127 e. The molecule has 50 heavy (non-hydrogen) atoms. The Morgan fingerprint density at radius 3 is 1.44 bits per heavy atom. The molecule has 0 heterocycles. The summed E-state index contributed by atoms with van der Waals surface area (Å²) in [7, 11) is 0. The lowest BCUT2D eigenvalue weighted by Crippen LogP contribution is -2.13. The van der Waals surface area contributed by atoms with E-state index < -0.39 is 0 Å². The van der Waals surface area contributed by atoms with Gasteiger partial charge in [0.05, 0.1) is 13.2 Å². The summed E-state index contributed by atoms with van der Waals surface area (Å²) < 4.78 is 13.3. The Morgan fingerprint density at radius 1 is 0.560 bits per heavy atom. The van der Waals surface area contributed by atoms with E-state index in [0.717, 1.165) is 59.0 Å². The Morgan fingerprint density at radius 2 is 1.00 bits per heavy atom. The lowest BCUT2D eigenvalue weighted by Gasteiger charge is -2.20. The number of ether oxygens (including phenoxy) is 2. The number of benzene rings is 4. The van der Waals surface area contributed by atoms with Gasteiger partial charge in [0.2, 0.25) is 0 Å². The van der Waals surface area contributed by atoms with Gasteiger partial charge in [-0.1, -0.05) is 165 Å². The summed E-state index contributed by atoms with van der Waals surface area (Å²) in [4.78, 5) is 0. The number of nitrogens with one attached hydrogen (secondary N) is 1. The average molecular weight is 674 g/mol. The molecule has 0 saturated heterocycles. The van der Waals surface area contributed by atoms with Crippen LogP contribution in [0, 0.1) is 18.8 Å². The predicted octanol–water partition coefficient (Wildman–Crippen LogP) is 14.3. The Balaban J connectivity index is 0.00000332. The van der Waals surface area contributed by atoms with Crippen molar-refractivity contribution in [3.05, 3.63) is 119 Å². The number of unbranched alkanes of at least 4 members (excludes halogenated alkanes) is 2. The zero-order valence-electron chi connectivity index (χ0n) is 32.0. The molecule has 0 amide bonds. The van der Waals surface area contributed by atoms with Crippen LogP contribution in [0.15, 0.2) is 91.0 Å². The lowest BCUT2D eigenvalue weighted by molar-refractivity contribution is 0.227. The van der Waals surface area contributed by atoms with Gasteiger partial charge >= 0.3 is 0 Å². The third kappa shape index (κ3) is 13.9. The van der Waals surface area contributed by atoms with E-state index in [1.165, 1.54) is 49.7 Å². The van der Waals surface area contributed by atoms with E-state index in [2.05, 4.69) is 137 Å². The fourth-order valence-electron chi connectivity index (χ4n) is 5.73. The number of aryl methyl sites for hydroxylation is 1. The number of hydrogen-bond donors (Lipinski definition) is 1. The minimum Gasteiger partial charge on any atom is -0.493 e. The predicted molar refractivity (Wildman–Crippen MR) is 221 cm³/mol. The maximum atomic E-state index is 6.67. The molecule has 2 atom stereocenters. The van der Waals surface area contributed by atoms with Crippen LogP contribution in [-0.4, -0.2) is 13.2 Å². The monoisotopic (exact) mass is 673 g/mol. The van der Waals surface area contributed by atoms with Crippen molar-refractivity contribution < 1.29 is 9.47 Å². The SMILES string of the molecule is CC.CCCCC(CC)COc1cc(/C=C/c2ccc(Nc3ccccc3)cc2)c(OCC(CC)CCCC)cc1/C=C/c1ccc(C)cc1. The zero-order chi connectivity index (χ0) is 36.0. The van der Waals surface area contributed by atoms with Crippen LogP contribution in [0.25, 0.3) is 24.3 Å². The van der Waals surface area contributed by atoms with Crippen LogP contribution in [0.4, 0.5) is 11.4 Å². The van der Waals surface area contributed by atoms with Gasteiger partial charge in [0.1, 0.15) is 11.5 Å². The first-order chi connectivity index (χ1) is 24.5. The summed E-state index contributed by atoms with van der Waals surface area (Å²) in [5.74, 6) is 2.89. The second-order valence-electron chi connectivity index (χ2n) is 13.1. The summed E-state index contributed by atoms with van der Waals surface area (Å²) in [6.45, 7) is 16.6. The molecule has 0 radical (unpaired) electrons. The molecule has 0 aromatic heterocycles. The van der Waals surface area contributed by atoms with Crippen LogP contribution in [0.3, 0.4) is 0 Å². The largest absolute Gasteiger partial charge is 0.493 e. The van der Waals surface area contributed by atoms with Crippen molar-refractivity contribution in [2.24, 2.45) is 11.8 Å². The molecule has 0 spiro atoms. The fraction of sp³-hybridized carbons (Fsp3) is 0.404. The minimum absolute atomic E-state index is 0.540. The maximum absolute atomic E-state index is 6.67. The van der Waals surface area contributed by atoms with Gasteiger partial charge in [-0.2, -0.15) is 0 Å². The molecule has 3 nitrogen and oxygen atoms in total. The molecule has 2 unspecified atom stereocenters. The number of para-hydroxylation sites is 1. The molecule has 0 saturated carbocycles. The second-order valence-corrected chi connectivity index (χ2v) is 13.1. The van der Waals surface area contributed by atoms with Gasteiger partial charge in [0, 0.05) is 22.5 Å². The van der Waals surface area contributed by atoms with Gasteiger partial charge in [-0.3, -0.25) is 0 Å². The molecule has 4 aromatic carbocycles. The van der Waals surface area contributed by atoms with Crippen LogP contribution in [0.1, 0.15) is 121 Å². The Hall–Kier alpha value is -4.24. The van der Waals surface area contributed by atoms with Gasteiger partial charge in [0.25, 0.3) is 0 Å². The van der Waals surface area contributed by atoms with Gasteiger partial charge < -0.3 is 14.8 Å². The van der Waals surface area contributed by atoms with E-state index in [-0.39, 0.29) is 0 Å². The summed E-state index contributed by atoms with van der Waals surface area (Å²) in [5.41, 5.74) is 7.79. The molecule has 268 valence electrons. The molecule has 1 N–H and O–H groups in total. The molecule has 3 heteroatoms. The van der Waals surface area contributed by atoms with Crippen molar-refractivity contribution in [2.45, 2.75) is 99.8 Å². The average Bonchev–Trinajstić information content (AvgIpc) is 3.16. The van der Waals surface area contributed by atoms with Crippen LogP contribution in [0.2, 0.25) is 0 Å². The molecule has 0 bridgehead atoms. The summed E-state index contributed by atoms with van der Waals surface area (Å²) >= 11 is 0. The van der Waals surface area contributed by atoms with E-state index >= 15 is 0 Å². The number of rotatable bonds is 20. The lowest BCUT2D eigenvalue weighted by atomic mass is 10.00. The van der Waals surface area contributed by atoms with Crippen molar-refractivity contribution in [1.29, 1.82) is 0 Å². The van der Waals surface area contributed by atoms with Crippen molar-refractivity contribution in [1.82, 2.24) is 0 Å². The van der Waals surface area contributed by atoms with Crippen LogP contribution < -0.4 is 14.8 Å². The molecule has 0 fully saturated rings. The standard InChI is InChI=1S/C45H57NO2.C2H6/c1-6-10-15-36(8-3)33-47-44-32-41(28-24-39-25-29-43(30-26-39)46-42-17-13-12-14-18-42)45(48-34-37(9-4)16-11-7-2)31-40(44)27-23-38-21-19-35(5)20-22-38;1-2/h12-14,17-32,36-37,46H,6-11,15-16,33-34H2,1-5H3;1-2H3/b27-23+,28-24+;. The highest BCUT2D eigenvalue weighted by Crippen LogP contribution is 2.34. The molecule has 0 aliphatic rings. The quantitative estimate of drug-likeness (QED) is 0.0947. The van der Waals surface area contributed by atoms with Crippen molar-refractivity contribution in [3.8, 4) is 11.5 Å². The molecular formula is C47H63NO2. The van der Waals surface area contributed by atoms with Crippen LogP contribution in [-0.2, 0) is 0 Å². The third-order valence-electron chi connectivity index (χ3n) is 9.14. The van der Waals surface area contributed by atoms with E-state index in [1.54, 1.807) is 0 Å². The molecule has 4 aromatic rings. The summed E-state index contributed by atoms with van der Waals surface area (Å²) in [6.07, 6.45) is 18.2. The minimum atomic E-state index is 0.540. The second kappa shape index (κ2) is 23.2. The zero-order valence-corrected chi connectivity index (χ0v) is 32.0. The highest BCUT2D eigenvalue weighted by molar-refractivity contribution is 5.79. The highest BCUT2D eigenvalue weighted by Gasteiger charge is 2.15. The van der Waals surface area contributed by atoms with Crippen molar-refractivity contribution >= 4 is 35.7 Å². The first kappa shape index (κ1) is 40.2. The normalized spacial score (nSPS) is 12.4. The van der Waals surface area contributed by atoms with E-state index in [4.69, 9.17) is 9.47 Å². The third-order valence-corrected chi connectivity index (χ3v) is 9.14. The Labute approximate surface area is 304 Å². The van der Waals surface area contributed by atoms with Gasteiger partial charge in [-0.25, -0.2) is 0 Å². The first-order valence-corrected chi connectivity index (χ1v) is 19.3. The maximum Gasteiger partial charge on any atom is 0.127 e.